The Balaban J connectivity index is 0.978. The largest absolute Gasteiger partial charge is 0.508 e. The van der Waals surface area contributed by atoms with E-state index in [1.54, 1.807) is 61.2 Å². The number of aryl methyl sites for hydroxylation is 1. The van der Waals surface area contributed by atoms with Crippen molar-refractivity contribution in [1.29, 1.82) is 0 Å². The van der Waals surface area contributed by atoms with Gasteiger partial charge in [-0.05, 0) is 85.5 Å². The van der Waals surface area contributed by atoms with Crippen LogP contribution in [0.3, 0.4) is 0 Å². The first-order chi connectivity index (χ1) is 30.0. The Bertz CT molecular complexity index is 2590. The SMILES string of the molecule is CCNC(=O)c1nnc(-c2cc(C(C)C)c(O)cc2O)n1-c1ccc(C(=O)N2CCN(c3ccc(OC(=O)Nc4ccn([C@H]5O[C@@H](CO)[C@H](O)C5(F)F)c(=O)n4)c(C)c3)CC2)cc1. The molecule has 0 bridgehead atoms. The number of halogens is 2. The van der Waals surface area contributed by atoms with Crippen molar-refractivity contribution in [2.75, 3.05) is 49.5 Å². The Morgan fingerprint density at radius 3 is 2.29 bits per heavy atom. The number of phenolic OH excluding ortho intramolecular Hbond substituents is 2. The number of ether oxygens (including phenoxy) is 2. The molecular formula is C42H45F2N9O10. The van der Waals surface area contributed by atoms with Gasteiger partial charge in [0.05, 0.1) is 12.2 Å². The van der Waals surface area contributed by atoms with E-state index in [4.69, 9.17) is 9.47 Å². The lowest BCUT2D eigenvalue weighted by atomic mass is 9.98. The van der Waals surface area contributed by atoms with E-state index in [9.17, 15) is 48.4 Å². The summed E-state index contributed by atoms with van der Waals surface area (Å²) in [6, 6.07) is 15.7. The predicted molar refractivity (Wildman–Crippen MR) is 222 cm³/mol. The number of aliphatic hydroxyl groups is 2. The van der Waals surface area contributed by atoms with Gasteiger partial charge < -0.3 is 45.0 Å². The van der Waals surface area contributed by atoms with Crippen LogP contribution in [0.2, 0.25) is 0 Å². The summed E-state index contributed by atoms with van der Waals surface area (Å²) in [7, 11) is 0. The molecule has 2 saturated heterocycles. The van der Waals surface area contributed by atoms with Crippen molar-refractivity contribution in [3.05, 3.63) is 99.9 Å². The molecule has 0 radical (unpaired) electrons. The number of rotatable bonds is 11. The second-order valence-electron chi connectivity index (χ2n) is 15.2. The van der Waals surface area contributed by atoms with E-state index in [0.29, 0.717) is 59.7 Å². The topological polar surface area (TPSA) is 247 Å². The maximum atomic E-state index is 14.5. The third-order valence-electron chi connectivity index (χ3n) is 10.7. The van der Waals surface area contributed by atoms with Crippen LogP contribution < -0.4 is 26.0 Å². The van der Waals surface area contributed by atoms with Gasteiger partial charge in [0.2, 0.25) is 12.1 Å². The van der Waals surface area contributed by atoms with Gasteiger partial charge in [-0.3, -0.25) is 24.0 Å². The number of nitrogens with one attached hydrogen (secondary N) is 2. The first-order valence-corrected chi connectivity index (χ1v) is 20.0. The Morgan fingerprint density at radius 2 is 1.67 bits per heavy atom. The average molecular weight is 874 g/mol. The van der Waals surface area contributed by atoms with Crippen LogP contribution in [0, 0.1) is 6.92 Å². The monoisotopic (exact) mass is 873 g/mol. The lowest BCUT2D eigenvalue weighted by Gasteiger charge is -2.36. The minimum Gasteiger partial charge on any atom is -0.508 e. The zero-order valence-corrected chi connectivity index (χ0v) is 34.5. The summed E-state index contributed by atoms with van der Waals surface area (Å²) in [5.74, 6) is -4.98. The molecule has 0 aliphatic carbocycles. The fourth-order valence-electron chi connectivity index (χ4n) is 7.38. The zero-order chi connectivity index (χ0) is 45.3. The summed E-state index contributed by atoms with van der Waals surface area (Å²) < 4.78 is 41.4. The van der Waals surface area contributed by atoms with Crippen LogP contribution in [-0.2, 0) is 4.74 Å². The van der Waals surface area contributed by atoms with E-state index in [-0.39, 0.29) is 52.1 Å². The summed E-state index contributed by atoms with van der Waals surface area (Å²) in [5, 5.41) is 53.6. The third kappa shape index (κ3) is 8.74. The molecule has 4 heterocycles. The molecule has 21 heteroatoms. The molecule has 19 nitrogen and oxygen atoms in total. The molecule has 332 valence electrons. The smallest absolute Gasteiger partial charge is 0.418 e. The summed E-state index contributed by atoms with van der Waals surface area (Å²) in [6.45, 7) is 8.49. The Kier molecular flexibility index (Phi) is 12.5. The van der Waals surface area contributed by atoms with E-state index >= 15 is 0 Å². The summed E-state index contributed by atoms with van der Waals surface area (Å²) in [4.78, 5) is 59.4. The second-order valence-corrected chi connectivity index (χ2v) is 15.2. The molecule has 0 spiro atoms. The number of alkyl halides is 2. The number of aromatic hydroxyl groups is 2. The van der Waals surface area contributed by atoms with E-state index < -0.39 is 48.7 Å². The van der Waals surface area contributed by atoms with Gasteiger partial charge in [-0.1, -0.05) is 13.8 Å². The molecule has 63 heavy (non-hydrogen) atoms. The van der Waals surface area contributed by atoms with Crippen LogP contribution in [0.15, 0.2) is 71.7 Å². The van der Waals surface area contributed by atoms with Gasteiger partial charge in [0, 0.05) is 61.9 Å². The van der Waals surface area contributed by atoms with Gasteiger partial charge in [-0.2, -0.15) is 13.8 Å². The minimum atomic E-state index is -3.90. The Hall–Kier alpha value is -6.97. The highest BCUT2D eigenvalue weighted by Gasteiger charge is 2.59. The minimum absolute atomic E-state index is 0.0358. The lowest BCUT2D eigenvalue weighted by molar-refractivity contribution is -0.140. The van der Waals surface area contributed by atoms with Crippen LogP contribution in [-0.4, -0.2) is 125 Å². The van der Waals surface area contributed by atoms with Gasteiger partial charge in [-0.25, -0.2) is 9.59 Å². The van der Waals surface area contributed by atoms with E-state index in [1.807, 2.05) is 19.9 Å². The van der Waals surface area contributed by atoms with Crippen molar-refractivity contribution in [1.82, 2.24) is 34.5 Å². The molecule has 7 rings (SSSR count). The maximum absolute atomic E-state index is 14.5. The number of aliphatic hydroxyl groups excluding tert-OH is 2. The molecule has 3 atom stereocenters. The molecular weight excluding hydrogens is 829 g/mol. The number of benzene rings is 3. The predicted octanol–water partition coefficient (Wildman–Crippen LogP) is 3.54. The quantitative estimate of drug-likeness (QED) is 0.111. The summed E-state index contributed by atoms with van der Waals surface area (Å²) >= 11 is 0. The molecule has 2 fully saturated rings. The number of piperazine rings is 1. The van der Waals surface area contributed by atoms with E-state index in [2.05, 4.69) is 30.7 Å². The van der Waals surface area contributed by atoms with Crippen molar-refractivity contribution in [2.45, 2.75) is 58.0 Å². The molecule has 6 N–H and O–H groups in total. The van der Waals surface area contributed by atoms with Gasteiger partial charge in [-0.15, -0.1) is 10.2 Å². The number of carbonyl (C=O) groups excluding carboxylic acids is 3. The molecule has 5 aromatic rings. The van der Waals surface area contributed by atoms with Crippen molar-refractivity contribution in [2.24, 2.45) is 0 Å². The highest BCUT2D eigenvalue weighted by atomic mass is 19.3. The van der Waals surface area contributed by atoms with Gasteiger partial charge in [0.25, 0.3) is 11.8 Å². The number of anilines is 2. The highest BCUT2D eigenvalue weighted by molar-refractivity contribution is 5.95. The number of hydrogen-bond acceptors (Lipinski definition) is 14. The number of nitrogens with zero attached hydrogens (tertiary/aromatic N) is 7. The van der Waals surface area contributed by atoms with Gasteiger partial charge in [0.15, 0.2) is 11.9 Å². The van der Waals surface area contributed by atoms with Crippen LogP contribution in [0.25, 0.3) is 17.1 Å². The van der Waals surface area contributed by atoms with Gasteiger partial charge >= 0.3 is 17.7 Å². The van der Waals surface area contributed by atoms with Crippen molar-refractivity contribution < 1.29 is 53.1 Å². The van der Waals surface area contributed by atoms with Crippen molar-refractivity contribution in [3.8, 4) is 34.3 Å². The van der Waals surface area contributed by atoms with Crippen molar-refractivity contribution in [3.63, 3.8) is 0 Å². The second kappa shape index (κ2) is 17.8. The standard InChI is InChI=1S/C42H45F2N9O10/c1-5-45-37(58)36-49-48-35(28-19-27(22(2)3)29(55)20-30(28)56)53(36)25-8-6-24(7-9-25)38(59)51-16-14-50(15-17-51)26-10-11-31(23(4)18-26)63-41(61)47-33-12-13-52(40(60)46-33)39-42(43,44)34(57)32(21-54)62-39/h6-13,18-20,22,32,34,39,54-57H,5,14-17,21H2,1-4H3,(H,45,58)(H,46,47,60,61)/t32-,34-,39-/m0/s1. The molecule has 2 aliphatic heterocycles. The lowest BCUT2D eigenvalue weighted by Crippen LogP contribution is -2.48. The highest BCUT2D eigenvalue weighted by Crippen LogP contribution is 2.42. The average Bonchev–Trinajstić information content (AvgIpc) is 3.79. The summed E-state index contributed by atoms with van der Waals surface area (Å²) in [6.07, 6.45) is -6.26. The number of hydrogen-bond donors (Lipinski definition) is 6. The first kappa shape index (κ1) is 44.1. The van der Waals surface area contributed by atoms with E-state index in [1.165, 1.54) is 10.6 Å². The molecule has 2 aromatic heterocycles. The number of aromatic nitrogens is 5. The Labute approximate surface area is 358 Å². The van der Waals surface area contributed by atoms with Crippen LogP contribution in [0.4, 0.5) is 25.1 Å². The fraction of sp³-hybridized carbons (Fsp3) is 0.357. The van der Waals surface area contributed by atoms with Crippen LogP contribution in [0.5, 0.6) is 17.2 Å². The molecule has 3 aromatic carbocycles. The van der Waals surface area contributed by atoms with Crippen LogP contribution >= 0.6 is 0 Å². The summed E-state index contributed by atoms with van der Waals surface area (Å²) in [5.41, 5.74) is 1.89. The molecule has 0 saturated carbocycles. The number of amides is 3. The van der Waals surface area contributed by atoms with Gasteiger partial charge in [0.1, 0.15) is 29.2 Å². The molecule has 2 aliphatic rings. The molecule has 3 amide bonds. The van der Waals surface area contributed by atoms with Crippen LogP contribution in [0.1, 0.15) is 65.0 Å². The number of carbonyl (C=O) groups is 3. The van der Waals surface area contributed by atoms with E-state index in [0.717, 1.165) is 18.0 Å². The normalized spacial score (nSPS) is 18.4. The van der Waals surface area contributed by atoms with Crippen molar-refractivity contribution >= 4 is 29.4 Å². The molecule has 0 unspecified atom stereocenters. The zero-order valence-electron chi connectivity index (χ0n) is 34.5. The number of phenols is 2. The fourth-order valence-corrected chi connectivity index (χ4v) is 7.38. The first-order valence-electron chi connectivity index (χ1n) is 20.0. The Morgan fingerprint density at radius 1 is 0.968 bits per heavy atom. The third-order valence-corrected chi connectivity index (χ3v) is 10.7. The maximum Gasteiger partial charge on any atom is 0.418 e.